The second-order valence-corrected chi connectivity index (χ2v) is 9.62. The van der Waals surface area contributed by atoms with Crippen LogP contribution in [-0.4, -0.2) is 5.04 Å². The van der Waals surface area contributed by atoms with Crippen molar-refractivity contribution in [1.82, 2.24) is 0 Å². The zero-order valence-electron chi connectivity index (χ0n) is 16.8. The Morgan fingerprint density at radius 3 is 1.52 bits per heavy atom. The van der Waals surface area contributed by atoms with Crippen molar-refractivity contribution in [3.05, 3.63) is 132 Å². The van der Waals surface area contributed by atoms with Crippen molar-refractivity contribution in [3.8, 4) is 0 Å². The number of para-hydroxylation sites is 1. The smallest absolute Gasteiger partial charge is 0.116 e. The highest BCUT2D eigenvalue weighted by Crippen LogP contribution is 2.37. The second-order valence-electron chi connectivity index (χ2n) is 6.50. The summed E-state index contributed by atoms with van der Waals surface area (Å²) in [4.78, 5) is 9.73. The predicted molar refractivity (Wildman–Crippen MR) is 139 cm³/mol. The minimum Gasteiger partial charge on any atom is -0.241 e. The molecule has 4 aromatic rings. The quantitative estimate of drug-likeness (QED) is 0.157. The molecule has 0 amide bonds. The van der Waals surface area contributed by atoms with E-state index in [4.69, 9.17) is 4.99 Å². The highest BCUT2D eigenvalue weighted by Gasteiger charge is 2.13. The summed E-state index contributed by atoms with van der Waals surface area (Å²) < 4.78 is 0. The highest BCUT2D eigenvalue weighted by molar-refractivity contribution is 8.18. The molecule has 0 heterocycles. The lowest BCUT2D eigenvalue weighted by Gasteiger charge is -2.12. The topological polar surface area (TPSA) is 12.4 Å². The average molecular weight is 456 g/mol. The molecule has 0 saturated carbocycles. The van der Waals surface area contributed by atoms with Gasteiger partial charge in [-0.2, -0.15) is 0 Å². The lowest BCUT2D eigenvalue weighted by molar-refractivity contribution is 1.46. The molecule has 0 unspecified atom stereocenters. The van der Waals surface area contributed by atoms with Crippen LogP contribution in [0.2, 0.25) is 0 Å². The van der Waals surface area contributed by atoms with Crippen molar-refractivity contribution in [2.75, 3.05) is 0 Å². The van der Waals surface area contributed by atoms with E-state index in [1.165, 1.54) is 14.7 Å². The normalized spacial score (nSPS) is 12.0. The molecule has 0 aliphatic carbocycles. The maximum atomic E-state index is 5.04. The predicted octanol–water partition coefficient (Wildman–Crippen LogP) is 8.93. The van der Waals surface area contributed by atoms with Crippen LogP contribution in [0.3, 0.4) is 0 Å². The number of nitrogens with zero attached hydrogens (tertiary/aromatic N) is 1. The first-order valence-corrected chi connectivity index (χ1v) is 12.4. The summed E-state index contributed by atoms with van der Waals surface area (Å²) in [6, 6.07) is 41.5. The molecule has 0 spiro atoms. The molecule has 31 heavy (non-hydrogen) atoms. The van der Waals surface area contributed by atoms with E-state index >= 15 is 0 Å². The molecule has 4 rings (SSSR count). The maximum absolute atomic E-state index is 5.04. The van der Waals surface area contributed by atoms with Crippen LogP contribution < -0.4 is 0 Å². The first-order valence-electron chi connectivity index (χ1n) is 9.88. The van der Waals surface area contributed by atoms with Gasteiger partial charge in [0.2, 0.25) is 0 Å². The van der Waals surface area contributed by atoms with Gasteiger partial charge >= 0.3 is 0 Å². The molecular weight excluding hydrogens is 435 g/mol. The number of benzene rings is 4. The molecule has 0 fully saturated rings. The zero-order chi connectivity index (χ0) is 21.1. The SMILES string of the molecule is C(Sc1ccccc1)=C(Sc1ccccc1)C(=Nc1ccccc1)Sc1ccccc1. The van der Waals surface area contributed by atoms with Crippen LogP contribution in [-0.2, 0) is 0 Å². The minimum atomic E-state index is 0.949. The molecule has 0 atom stereocenters. The van der Waals surface area contributed by atoms with E-state index in [1.807, 2.05) is 48.5 Å². The Labute approximate surface area is 196 Å². The highest BCUT2D eigenvalue weighted by atomic mass is 32.2. The molecule has 0 radical (unpaired) electrons. The van der Waals surface area contributed by atoms with Gasteiger partial charge in [0.15, 0.2) is 0 Å². The van der Waals surface area contributed by atoms with E-state index < -0.39 is 0 Å². The third kappa shape index (κ3) is 6.93. The van der Waals surface area contributed by atoms with Gasteiger partial charge in [0.05, 0.1) is 10.6 Å². The fourth-order valence-electron chi connectivity index (χ4n) is 2.70. The summed E-state index contributed by atoms with van der Waals surface area (Å²) in [6.45, 7) is 0. The molecule has 0 aliphatic rings. The van der Waals surface area contributed by atoms with Gasteiger partial charge in [-0.1, -0.05) is 108 Å². The number of hydrogen-bond acceptors (Lipinski definition) is 4. The molecule has 0 N–H and O–H groups in total. The van der Waals surface area contributed by atoms with Crippen molar-refractivity contribution in [1.29, 1.82) is 0 Å². The van der Waals surface area contributed by atoms with Gasteiger partial charge in [0.25, 0.3) is 0 Å². The summed E-state index contributed by atoms with van der Waals surface area (Å²) in [5, 5.41) is 3.19. The van der Waals surface area contributed by atoms with E-state index in [0.717, 1.165) is 15.6 Å². The second kappa shape index (κ2) is 11.7. The van der Waals surface area contributed by atoms with Crippen molar-refractivity contribution < 1.29 is 0 Å². The van der Waals surface area contributed by atoms with Crippen molar-refractivity contribution >= 4 is 46.0 Å². The molecule has 4 aromatic carbocycles. The van der Waals surface area contributed by atoms with Crippen molar-refractivity contribution in [2.24, 2.45) is 4.99 Å². The van der Waals surface area contributed by atoms with E-state index in [9.17, 15) is 0 Å². The van der Waals surface area contributed by atoms with Crippen LogP contribution in [0.1, 0.15) is 0 Å². The molecule has 152 valence electrons. The number of hydrogen-bond donors (Lipinski definition) is 0. The summed E-state index contributed by atoms with van der Waals surface area (Å²) in [5.74, 6) is 0. The molecule has 0 aromatic heterocycles. The summed E-state index contributed by atoms with van der Waals surface area (Å²) in [7, 11) is 0. The Bertz CT molecular complexity index is 1130. The van der Waals surface area contributed by atoms with Gasteiger partial charge in [0.1, 0.15) is 5.04 Å². The van der Waals surface area contributed by atoms with Crippen LogP contribution in [0.4, 0.5) is 5.69 Å². The van der Waals surface area contributed by atoms with Crippen LogP contribution in [0.5, 0.6) is 0 Å². The molecular formula is C27H21NS3. The lowest BCUT2D eigenvalue weighted by atomic mass is 10.3. The van der Waals surface area contributed by atoms with Crippen molar-refractivity contribution in [3.63, 3.8) is 0 Å². The molecule has 0 bridgehead atoms. The Balaban J connectivity index is 1.73. The Kier molecular flexibility index (Phi) is 8.11. The van der Waals surface area contributed by atoms with E-state index in [0.29, 0.717) is 0 Å². The minimum absolute atomic E-state index is 0.949. The van der Waals surface area contributed by atoms with Crippen molar-refractivity contribution in [2.45, 2.75) is 14.7 Å². The van der Waals surface area contributed by atoms with Gasteiger partial charge in [-0.25, -0.2) is 4.99 Å². The van der Waals surface area contributed by atoms with Gasteiger partial charge in [-0.3, -0.25) is 0 Å². The van der Waals surface area contributed by atoms with Gasteiger partial charge in [0, 0.05) is 14.7 Å². The van der Waals surface area contributed by atoms with E-state index in [-0.39, 0.29) is 0 Å². The molecule has 1 nitrogen and oxygen atoms in total. The van der Waals surface area contributed by atoms with Crippen LogP contribution in [0.15, 0.2) is 151 Å². The summed E-state index contributed by atoms with van der Waals surface area (Å²) in [5.41, 5.74) is 0.949. The third-order valence-electron chi connectivity index (χ3n) is 4.17. The summed E-state index contributed by atoms with van der Waals surface area (Å²) >= 11 is 5.16. The zero-order valence-corrected chi connectivity index (χ0v) is 19.2. The van der Waals surface area contributed by atoms with Crippen LogP contribution in [0.25, 0.3) is 0 Å². The first-order chi connectivity index (χ1) is 15.4. The number of thioether (sulfide) groups is 3. The van der Waals surface area contributed by atoms with Gasteiger partial charge in [-0.05, 0) is 53.9 Å². The maximum Gasteiger partial charge on any atom is 0.116 e. The van der Waals surface area contributed by atoms with E-state index in [2.05, 4.69) is 78.2 Å². The lowest BCUT2D eigenvalue weighted by Crippen LogP contribution is -1.95. The van der Waals surface area contributed by atoms with E-state index in [1.54, 1.807) is 35.3 Å². The number of aliphatic imine (C=N–C) groups is 1. The molecule has 0 saturated heterocycles. The van der Waals surface area contributed by atoms with Crippen LogP contribution >= 0.6 is 35.3 Å². The molecule has 0 aliphatic heterocycles. The Morgan fingerprint density at radius 2 is 0.968 bits per heavy atom. The fourth-order valence-corrected chi connectivity index (χ4v) is 5.54. The fraction of sp³-hybridized carbons (Fsp3) is 0. The number of rotatable bonds is 7. The van der Waals surface area contributed by atoms with Gasteiger partial charge in [-0.15, -0.1) is 0 Å². The standard InChI is InChI=1S/C27H21NS3/c1-5-13-22(14-6-1)28-27(31-25-19-11-4-12-20-25)26(30-24-17-9-3-10-18-24)21-29-23-15-7-2-8-16-23/h1-21H. The van der Waals surface area contributed by atoms with Crippen LogP contribution in [0, 0.1) is 0 Å². The monoisotopic (exact) mass is 455 g/mol. The largest absolute Gasteiger partial charge is 0.241 e. The Hall–Kier alpha value is -2.66. The Morgan fingerprint density at radius 1 is 0.516 bits per heavy atom. The third-order valence-corrected chi connectivity index (χ3v) is 7.40. The first kappa shape index (κ1) is 21.6. The van der Waals surface area contributed by atoms with Gasteiger partial charge < -0.3 is 0 Å². The average Bonchev–Trinajstić information content (AvgIpc) is 2.84. The summed E-state index contributed by atoms with van der Waals surface area (Å²) in [6.07, 6.45) is 0. The molecule has 4 heteroatoms.